The molecule has 0 saturated heterocycles. The Hall–Kier alpha value is -1.22. The first-order chi connectivity index (χ1) is 8.21. The van der Waals surface area contributed by atoms with E-state index in [1.807, 2.05) is 0 Å². The topological polar surface area (TPSA) is 60.4 Å². The van der Waals surface area contributed by atoms with E-state index < -0.39 is 21.4 Å². The van der Waals surface area contributed by atoms with Crippen LogP contribution in [0.4, 0.5) is 13.2 Å². The van der Waals surface area contributed by atoms with Crippen LogP contribution in [0.25, 0.3) is 0 Å². The van der Waals surface area contributed by atoms with Crippen molar-refractivity contribution < 1.29 is 30.6 Å². The van der Waals surface area contributed by atoms with Gasteiger partial charge in [0.2, 0.25) is 0 Å². The Morgan fingerprint density at radius 1 is 1.28 bits per heavy atom. The lowest BCUT2D eigenvalue weighted by Crippen LogP contribution is -2.28. The normalized spacial score (nSPS) is 15.6. The van der Waals surface area contributed by atoms with Crippen LogP contribution < -0.4 is 4.18 Å². The van der Waals surface area contributed by atoms with E-state index in [2.05, 4.69) is 4.18 Å². The first-order valence-electron chi connectivity index (χ1n) is 4.51. The fourth-order valence-electron chi connectivity index (χ4n) is 1.30. The molecule has 1 heterocycles. The molecular weight excluding hydrogens is 293 g/mol. The van der Waals surface area contributed by atoms with Crippen molar-refractivity contribution in [2.24, 2.45) is 0 Å². The number of benzene rings is 1. The Kier molecular flexibility index (Phi) is 3.06. The van der Waals surface area contributed by atoms with E-state index in [-0.39, 0.29) is 11.5 Å². The number of thioether (sulfide) groups is 1. The third-order valence-corrected chi connectivity index (χ3v) is 4.14. The number of ketones is 1. The maximum Gasteiger partial charge on any atom is 0.534 e. The number of hydrogen-bond acceptors (Lipinski definition) is 5. The van der Waals surface area contributed by atoms with Crippen molar-refractivity contribution in [3.05, 3.63) is 23.8 Å². The van der Waals surface area contributed by atoms with Crippen LogP contribution in [0.15, 0.2) is 23.1 Å². The van der Waals surface area contributed by atoms with Crippen LogP contribution in [0.2, 0.25) is 0 Å². The molecule has 0 bridgehead atoms. The zero-order chi connectivity index (χ0) is 13.6. The highest BCUT2D eigenvalue weighted by Gasteiger charge is 2.48. The predicted octanol–water partition coefficient (Wildman–Crippen LogP) is 2.20. The lowest BCUT2D eigenvalue weighted by atomic mass is 10.1. The summed E-state index contributed by atoms with van der Waals surface area (Å²) < 4.78 is 61.7. The maximum atomic E-state index is 12.1. The van der Waals surface area contributed by atoms with Gasteiger partial charge in [-0.25, -0.2) is 0 Å². The van der Waals surface area contributed by atoms with E-state index in [0.717, 1.165) is 23.9 Å². The number of carbonyl (C=O) groups is 1. The van der Waals surface area contributed by atoms with Gasteiger partial charge in [-0.1, -0.05) is 0 Å². The highest BCUT2D eigenvalue weighted by Crippen LogP contribution is 2.35. The fraction of sp³-hybridized carbons (Fsp3) is 0.222. The van der Waals surface area contributed by atoms with Gasteiger partial charge in [-0.05, 0) is 18.2 Å². The molecule has 0 spiro atoms. The Morgan fingerprint density at radius 2 is 1.94 bits per heavy atom. The van der Waals surface area contributed by atoms with Gasteiger partial charge in [-0.3, -0.25) is 4.79 Å². The van der Waals surface area contributed by atoms with Crippen molar-refractivity contribution in [3.8, 4) is 5.75 Å². The SMILES string of the molecule is O=C1CSc2cc(OS(=O)(=O)C(F)(F)F)ccc21. The Balaban J connectivity index is 2.30. The zero-order valence-corrected chi connectivity index (χ0v) is 10.2. The average molecular weight is 298 g/mol. The van der Waals surface area contributed by atoms with Crippen LogP contribution >= 0.6 is 11.8 Å². The molecule has 0 saturated carbocycles. The average Bonchev–Trinajstić information content (AvgIpc) is 2.58. The summed E-state index contributed by atoms with van der Waals surface area (Å²) in [6.45, 7) is 0. The van der Waals surface area contributed by atoms with Gasteiger partial charge in [0, 0.05) is 10.5 Å². The minimum Gasteiger partial charge on any atom is -0.376 e. The fourth-order valence-corrected chi connectivity index (χ4v) is 2.73. The number of hydrogen-bond donors (Lipinski definition) is 0. The molecule has 1 aromatic carbocycles. The number of Topliss-reactive ketones (excluding diaryl/α,β-unsaturated/α-hetero) is 1. The van der Waals surface area contributed by atoms with Gasteiger partial charge in [0.25, 0.3) is 0 Å². The minimum absolute atomic E-state index is 0.153. The monoisotopic (exact) mass is 298 g/mol. The first kappa shape index (κ1) is 13.2. The molecule has 98 valence electrons. The molecule has 1 aliphatic heterocycles. The van der Waals surface area contributed by atoms with Gasteiger partial charge in [-0.15, -0.1) is 11.8 Å². The first-order valence-corrected chi connectivity index (χ1v) is 6.91. The van der Waals surface area contributed by atoms with Crippen molar-refractivity contribution in [2.45, 2.75) is 10.4 Å². The summed E-state index contributed by atoms with van der Waals surface area (Å²) in [7, 11) is -5.68. The number of carbonyl (C=O) groups excluding carboxylic acids is 1. The lowest BCUT2D eigenvalue weighted by Gasteiger charge is -2.09. The van der Waals surface area contributed by atoms with Crippen LogP contribution in [0, 0.1) is 0 Å². The molecule has 0 atom stereocenters. The second-order valence-electron chi connectivity index (χ2n) is 3.35. The molecular formula is C9H5F3O4S2. The summed E-state index contributed by atoms with van der Waals surface area (Å²) in [5, 5.41) is 0. The van der Waals surface area contributed by atoms with Crippen molar-refractivity contribution >= 4 is 27.7 Å². The van der Waals surface area contributed by atoms with Crippen molar-refractivity contribution in [1.29, 1.82) is 0 Å². The van der Waals surface area contributed by atoms with Crippen molar-refractivity contribution in [2.75, 3.05) is 5.75 Å². The van der Waals surface area contributed by atoms with Crippen molar-refractivity contribution in [1.82, 2.24) is 0 Å². The molecule has 0 aliphatic carbocycles. The molecule has 2 rings (SSSR count). The summed E-state index contributed by atoms with van der Waals surface area (Å²) in [6.07, 6.45) is 0. The smallest absolute Gasteiger partial charge is 0.376 e. The van der Waals surface area contributed by atoms with Gasteiger partial charge in [0.15, 0.2) is 5.78 Å². The molecule has 4 nitrogen and oxygen atoms in total. The van der Waals surface area contributed by atoms with E-state index in [0.29, 0.717) is 10.5 Å². The van der Waals surface area contributed by atoms with Gasteiger partial charge in [0.05, 0.1) is 5.75 Å². The van der Waals surface area contributed by atoms with E-state index >= 15 is 0 Å². The molecule has 18 heavy (non-hydrogen) atoms. The van der Waals surface area contributed by atoms with Crippen LogP contribution in [0.3, 0.4) is 0 Å². The number of halogens is 3. The van der Waals surface area contributed by atoms with E-state index in [1.165, 1.54) is 6.07 Å². The highest BCUT2D eigenvalue weighted by molar-refractivity contribution is 8.00. The summed E-state index contributed by atoms with van der Waals surface area (Å²) in [6, 6.07) is 3.37. The summed E-state index contributed by atoms with van der Waals surface area (Å²) in [5.41, 5.74) is -5.12. The third kappa shape index (κ3) is 2.32. The lowest BCUT2D eigenvalue weighted by molar-refractivity contribution is -0.0500. The quantitative estimate of drug-likeness (QED) is 0.619. The third-order valence-electron chi connectivity index (χ3n) is 2.10. The number of alkyl halides is 3. The van der Waals surface area contributed by atoms with E-state index in [4.69, 9.17) is 0 Å². The van der Waals surface area contributed by atoms with Crippen LogP contribution in [-0.2, 0) is 10.1 Å². The molecule has 1 aliphatic rings. The summed E-state index contributed by atoms with van der Waals surface area (Å²) in [4.78, 5) is 11.7. The summed E-state index contributed by atoms with van der Waals surface area (Å²) in [5.74, 6) is -0.432. The van der Waals surface area contributed by atoms with Crippen LogP contribution in [0.1, 0.15) is 10.4 Å². The predicted molar refractivity (Wildman–Crippen MR) is 57.1 cm³/mol. The number of rotatable bonds is 2. The van der Waals surface area contributed by atoms with Gasteiger partial charge < -0.3 is 4.18 Å². The second-order valence-corrected chi connectivity index (χ2v) is 5.91. The van der Waals surface area contributed by atoms with Crippen LogP contribution in [-0.4, -0.2) is 25.5 Å². The van der Waals surface area contributed by atoms with Crippen molar-refractivity contribution in [3.63, 3.8) is 0 Å². The Bertz CT molecular complexity index is 607. The Labute approximate surface area is 104 Å². The second kappa shape index (κ2) is 4.16. The molecule has 0 radical (unpaired) electrons. The zero-order valence-electron chi connectivity index (χ0n) is 8.52. The molecule has 0 aromatic heterocycles. The molecule has 0 amide bonds. The van der Waals surface area contributed by atoms with E-state index in [9.17, 15) is 26.4 Å². The summed E-state index contributed by atoms with van der Waals surface area (Å²) >= 11 is 1.12. The minimum atomic E-state index is -5.68. The molecule has 0 fully saturated rings. The highest BCUT2D eigenvalue weighted by atomic mass is 32.2. The molecule has 0 unspecified atom stereocenters. The van der Waals surface area contributed by atoms with Gasteiger partial charge in [-0.2, -0.15) is 21.6 Å². The van der Waals surface area contributed by atoms with Crippen LogP contribution in [0.5, 0.6) is 5.75 Å². The Morgan fingerprint density at radius 3 is 2.56 bits per heavy atom. The van der Waals surface area contributed by atoms with E-state index in [1.54, 1.807) is 0 Å². The van der Waals surface area contributed by atoms with Gasteiger partial charge >= 0.3 is 15.6 Å². The number of fused-ring (bicyclic) bond motifs is 1. The van der Waals surface area contributed by atoms with Gasteiger partial charge in [0.1, 0.15) is 5.75 Å². The standard InChI is InChI=1S/C9H5F3O4S2/c10-9(11,12)18(14,15)16-5-1-2-6-7(13)4-17-8(6)3-5/h1-3H,4H2. The molecule has 0 N–H and O–H groups in total. The molecule has 1 aromatic rings. The maximum absolute atomic E-state index is 12.1. The molecule has 9 heteroatoms. The largest absolute Gasteiger partial charge is 0.534 e.